The molecule has 1 aliphatic carbocycles. The predicted molar refractivity (Wildman–Crippen MR) is 105 cm³/mol. The normalized spacial score (nSPS) is 15.0. The van der Waals surface area contributed by atoms with Crippen LogP contribution < -0.4 is 20.3 Å². The average Bonchev–Trinajstić information content (AvgIpc) is 3.39. The van der Waals surface area contributed by atoms with E-state index in [-0.39, 0.29) is 24.1 Å². The molecule has 2 aromatic heterocycles. The van der Waals surface area contributed by atoms with E-state index in [9.17, 15) is 9.59 Å². The van der Waals surface area contributed by atoms with Crippen LogP contribution >= 0.6 is 0 Å². The highest BCUT2D eigenvalue weighted by molar-refractivity contribution is 5.76. The summed E-state index contributed by atoms with van der Waals surface area (Å²) >= 11 is 0. The van der Waals surface area contributed by atoms with E-state index in [4.69, 9.17) is 13.9 Å². The van der Waals surface area contributed by atoms with Crippen LogP contribution in [-0.2, 0) is 17.8 Å². The van der Waals surface area contributed by atoms with Crippen LogP contribution in [0.4, 0.5) is 0 Å². The van der Waals surface area contributed by atoms with Gasteiger partial charge in [-0.15, -0.1) is 0 Å². The van der Waals surface area contributed by atoms with E-state index < -0.39 is 0 Å². The molecule has 0 fully saturated rings. The molecule has 0 saturated carbocycles. The standard InChI is InChI=1S/C21H21N3O5/c1-27-18-10-13-5-6-15(14(13)11-19(18)28-2)22-20(25)12-24-21(26)8-7-16(23-24)17-4-3-9-29-17/h3-4,7-11,15H,5-6,12H2,1-2H3,(H,22,25). The van der Waals surface area contributed by atoms with Gasteiger partial charge < -0.3 is 19.2 Å². The summed E-state index contributed by atoms with van der Waals surface area (Å²) in [6.07, 6.45) is 3.12. The summed E-state index contributed by atoms with van der Waals surface area (Å²) in [4.78, 5) is 24.7. The number of carbonyl (C=O) groups is 1. The molecule has 3 aromatic rings. The summed E-state index contributed by atoms with van der Waals surface area (Å²) < 4.78 is 17.2. The Balaban J connectivity index is 1.51. The molecule has 1 N–H and O–H groups in total. The van der Waals surface area contributed by atoms with Gasteiger partial charge in [0.1, 0.15) is 12.2 Å². The van der Waals surface area contributed by atoms with Crippen LogP contribution in [0.5, 0.6) is 11.5 Å². The Kier molecular flexibility index (Phi) is 5.07. The highest BCUT2D eigenvalue weighted by Crippen LogP contribution is 2.39. The number of methoxy groups -OCH3 is 2. The van der Waals surface area contributed by atoms with Crippen molar-refractivity contribution in [3.05, 3.63) is 64.1 Å². The Morgan fingerprint density at radius 1 is 1.24 bits per heavy atom. The fraction of sp³-hybridized carbons (Fsp3) is 0.286. The first kappa shape index (κ1) is 18.8. The lowest BCUT2D eigenvalue weighted by atomic mass is 10.1. The highest BCUT2D eigenvalue weighted by Gasteiger charge is 2.26. The van der Waals surface area contributed by atoms with Gasteiger partial charge in [-0.25, -0.2) is 4.68 Å². The molecule has 1 amide bonds. The average molecular weight is 395 g/mol. The van der Waals surface area contributed by atoms with Crippen molar-refractivity contribution in [3.63, 3.8) is 0 Å². The number of nitrogens with zero attached hydrogens (tertiary/aromatic N) is 2. The third kappa shape index (κ3) is 3.73. The number of carbonyl (C=O) groups excluding carboxylic acids is 1. The number of aromatic nitrogens is 2. The predicted octanol–water partition coefficient (Wildman–Crippen LogP) is 2.32. The Hall–Kier alpha value is -3.55. The second-order valence-corrected chi connectivity index (χ2v) is 6.76. The van der Waals surface area contributed by atoms with Gasteiger partial charge in [-0.3, -0.25) is 9.59 Å². The Morgan fingerprint density at radius 3 is 2.76 bits per heavy atom. The third-order valence-corrected chi connectivity index (χ3v) is 4.99. The lowest BCUT2D eigenvalue weighted by molar-refractivity contribution is -0.122. The van der Waals surface area contributed by atoms with Gasteiger partial charge in [-0.2, -0.15) is 5.10 Å². The molecular weight excluding hydrogens is 374 g/mol. The maximum absolute atomic E-state index is 12.6. The van der Waals surface area contributed by atoms with E-state index in [2.05, 4.69) is 10.4 Å². The molecule has 8 nitrogen and oxygen atoms in total. The number of benzene rings is 1. The lowest BCUT2D eigenvalue weighted by Crippen LogP contribution is -2.35. The van der Waals surface area contributed by atoms with Gasteiger partial charge in [-0.1, -0.05) is 0 Å². The molecule has 4 rings (SSSR count). The summed E-state index contributed by atoms with van der Waals surface area (Å²) in [7, 11) is 3.18. The second kappa shape index (κ2) is 7.83. The minimum atomic E-state index is -0.353. The number of rotatable bonds is 6. The molecule has 1 atom stereocenters. The zero-order valence-electron chi connectivity index (χ0n) is 16.2. The molecule has 0 radical (unpaired) electrons. The largest absolute Gasteiger partial charge is 0.493 e. The molecule has 0 bridgehead atoms. The number of aryl methyl sites for hydroxylation is 1. The monoisotopic (exact) mass is 395 g/mol. The molecular formula is C21H21N3O5. The number of nitrogens with one attached hydrogen (secondary N) is 1. The SMILES string of the molecule is COc1cc2c(cc1OC)C(NC(=O)Cn1nc(-c3ccco3)ccc1=O)CC2. The molecule has 1 unspecified atom stereocenters. The molecule has 1 aromatic carbocycles. The van der Waals surface area contributed by atoms with Gasteiger partial charge in [0.15, 0.2) is 17.3 Å². The van der Waals surface area contributed by atoms with Crippen LogP contribution in [0.15, 0.2) is 51.9 Å². The van der Waals surface area contributed by atoms with Crippen molar-refractivity contribution in [2.24, 2.45) is 0 Å². The van der Waals surface area contributed by atoms with Gasteiger partial charge in [-0.05, 0) is 54.3 Å². The number of amides is 1. The molecule has 0 spiro atoms. The zero-order valence-corrected chi connectivity index (χ0v) is 16.2. The van der Waals surface area contributed by atoms with E-state index in [0.717, 1.165) is 28.7 Å². The zero-order chi connectivity index (χ0) is 20.4. The molecule has 1 aliphatic rings. The van der Waals surface area contributed by atoms with Crippen molar-refractivity contribution in [3.8, 4) is 23.0 Å². The summed E-state index contributed by atoms with van der Waals surface area (Å²) in [6.45, 7) is -0.174. The smallest absolute Gasteiger partial charge is 0.267 e. The van der Waals surface area contributed by atoms with Gasteiger partial charge >= 0.3 is 0 Å². The maximum Gasteiger partial charge on any atom is 0.267 e. The first-order chi connectivity index (χ1) is 14.1. The van der Waals surface area contributed by atoms with Gasteiger partial charge in [0, 0.05) is 6.07 Å². The van der Waals surface area contributed by atoms with Crippen molar-refractivity contribution >= 4 is 5.91 Å². The summed E-state index contributed by atoms with van der Waals surface area (Å²) in [5.74, 6) is 1.54. The van der Waals surface area contributed by atoms with Crippen molar-refractivity contribution in [1.29, 1.82) is 0 Å². The van der Waals surface area contributed by atoms with Crippen LogP contribution in [0.1, 0.15) is 23.6 Å². The van der Waals surface area contributed by atoms with Crippen molar-refractivity contribution in [2.45, 2.75) is 25.4 Å². The van der Waals surface area contributed by atoms with Crippen molar-refractivity contribution < 1.29 is 18.7 Å². The minimum absolute atomic E-state index is 0.152. The van der Waals surface area contributed by atoms with Crippen molar-refractivity contribution in [2.75, 3.05) is 14.2 Å². The van der Waals surface area contributed by atoms with Crippen molar-refractivity contribution in [1.82, 2.24) is 15.1 Å². The van der Waals surface area contributed by atoms with E-state index in [1.54, 1.807) is 32.4 Å². The van der Waals surface area contributed by atoms with Crippen LogP contribution in [0.2, 0.25) is 0 Å². The summed E-state index contributed by atoms with van der Waals surface area (Å²) in [5.41, 5.74) is 2.25. The minimum Gasteiger partial charge on any atom is -0.493 e. The number of hydrogen-bond acceptors (Lipinski definition) is 6. The maximum atomic E-state index is 12.6. The fourth-order valence-corrected chi connectivity index (χ4v) is 3.58. The lowest BCUT2D eigenvalue weighted by Gasteiger charge is -2.16. The molecule has 8 heteroatoms. The fourth-order valence-electron chi connectivity index (χ4n) is 3.58. The highest BCUT2D eigenvalue weighted by atomic mass is 16.5. The molecule has 29 heavy (non-hydrogen) atoms. The summed E-state index contributed by atoms with van der Waals surface area (Å²) in [5, 5.41) is 7.23. The molecule has 0 saturated heterocycles. The van der Waals surface area contributed by atoms with E-state index in [1.165, 1.54) is 12.3 Å². The Bertz CT molecular complexity index is 1090. The van der Waals surface area contributed by atoms with Gasteiger partial charge in [0.05, 0.1) is 26.5 Å². The van der Waals surface area contributed by atoms with E-state index >= 15 is 0 Å². The summed E-state index contributed by atoms with van der Waals surface area (Å²) in [6, 6.07) is 10.1. The van der Waals surface area contributed by atoms with Gasteiger partial charge in [0.25, 0.3) is 5.56 Å². The van der Waals surface area contributed by atoms with Crippen LogP contribution in [0.3, 0.4) is 0 Å². The molecule has 150 valence electrons. The van der Waals surface area contributed by atoms with Crippen LogP contribution in [-0.4, -0.2) is 29.9 Å². The van der Waals surface area contributed by atoms with Crippen LogP contribution in [0, 0.1) is 0 Å². The third-order valence-electron chi connectivity index (χ3n) is 4.99. The first-order valence-electron chi connectivity index (χ1n) is 9.25. The molecule has 2 heterocycles. The van der Waals surface area contributed by atoms with Gasteiger partial charge in [0.2, 0.25) is 5.91 Å². The number of furan rings is 1. The van der Waals surface area contributed by atoms with Crippen LogP contribution in [0.25, 0.3) is 11.5 Å². The number of fused-ring (bicyclic) bond motifs is 1. The Morgan fingerprint density at radius 2 is 2.03 bits per heavy atom. The van der Waals surface area contributed by atoms with E-state index in [1.807, 2.05) is 12.1 Å². The van der Waals surface area contributed by atoms with E-state index in [0.29, 0.717) is 23.0 Å². The number of ether oxygens (including phenoxy) is 2. The quantitative estimate of drug-likeness (QED) is 0.688. The Labute approximate surface area is 167 Å². The first-order valence-corrected chi connectivity index (χ1v) is 9.25. The topological polar surface area (TPSA) is 95.6 Å². The second-order valence-electron chi connectivity index (χ2n) is 6.76. The molecule has 0 aliphatic heterocycles. The number of hydrogen-bond donors (Lipinski definition) is 1.